The van der Waals surface area contributed by atoms with Gasteiger partial charge in [0.2, 0.25) is 0 Å². The van der Waals surface area contributed by atoms with E-state index in [-0.39, 0.29) is 5.92 Å². The van der Waals surface area contributed by atoms with Crippen molar-refractivity contribution in [1.82, 2.24) is 5.32 Å². The summed E-state index contributed by atoms with van der Waals surface area (Å²) in [4.78, 5) is 23.6. The molecule has 0 aliphatic heterocycles. The molecule has 1 atom stereocenters. The van der Waals surface area contributed by atoms with E-state index in [1.807, 2.05) is 13.8 Å². The van der Waals surface area contributed by atoms with E-state index in [1.54, 1.807) is 0 Å². The molecule has 6 heteroatoms. The fourth-order valence-electron chi connectivity index (χ4n) is 1.80. The third-order valence-electron chi connectivity index (χ3n) is 2.72. The Balaban J connectivity index is 2.93. The van der Waals surface area contributed by atoms with Crippen molar-refractivity contribution in [2.75, 3.05) is 7.11 Å². The standard InChI is InChI=1S/C14H18FNO4/c1-8(2)7-10(14(19)20-3)16-13(18)12-9(15)5-4-6-11(12)17/h4-6,8,10,17H,7H2,1-3H3,(H,16,18). The van der Waals surface area contributed by atoms with Gasteiger partial charge in [-0.1, -0.05) is 19.9 Å². The predicted molar refractivity (Wildman–Crippen MR) is 70.8 cm³/mol. The molecular formula is C14H18FNO4. The third-order valence-corrected chi connectivity index (χ3v) is 2.72. The molecule has 0 aliphatic carbocycles. The Morgan fingerprint density at radius 3 is 2.55 bits per heavy atom. The fraction of sp³-hybridized carbons (Fsp3) is 0.429. The number of ether oxygens (including phenoxy) is 1. The molecule has 0 aliphatic rings. The minimum Gasteiger partial charge on any atom is -0.507 e. The van der Waals surface area contributed by atoms with Crippen LogP contribution in [0.15, 0.2) is 18.2 Å². The van der Waals surface area contributed by atoms with Crippen LogP contribution in [0.4, 0.5) is 4.39 Å². The zero-order valence-electron chi connectivity index (χ0n) is 11.6. The summed E-state index contributed by atoms with van der Waals surface area (Å²) < 4.78 is 18.2. The van der Waals surface area contributed by atoms with E-state index in [0.29, 0.717) is 6.42 Å². The number of nitrogens with one attached hydrogen (secondary N) is 1. The average molecular weight is 283 g/mol. The molecule has 0 radical (unpaired) electrons. The predicted octanol–water partition coefficient (Wildman–Crippen LogP) is 1.85. The first-order valence-corrected chi connectivity index (χ1v) is 6.23. The summed E-state index contributed by atoms with van der Waals surface area (Å²) in [6.45, 7) is 3.76. The first-order valence-electron chi connectivity index (χ1n) is 6.23. The van der Waals surface area contributed by atoms with E-state index >= 15 is 0 Å². The normalized spacial score (nSPS) is 12.1. The molecule has 20 heavy (non-hydrogen) atoms. The van der Waals surface area contributed by atoms with Crippen LogP contribution in [-0.4, -0.2) is 30.1 Å². The van der Waals surface area contributed by atoms with Crippen LogP contribution >= 0.6 is 0 Å². The second-order valence-electron chi connectivity index (χ2n) is 4.81. The smallest absolute Gasteiger partial charge is 0.328 e. The number of rotatable bonds is 5. The van der Waals surface area contributed by atoms with Gasteiger partial charge in [0.1, 0.15) is 23.2 Å². The summed E-state index contributed by atoms with van der Waals surface area (Å²) >= 11 is 0. The van der Waals surface area contributed by atoms with Crippen LogP contribution in [0.25, 0.3) is 0 Å². The lowest BCUT2D eigenvalue weighted by Gasteiger charge is -2.18. The van der Waals surface area contributed by atoms with Gasteiger partial charge in [-0.05, 0) is 24.5 Å². The van der Waals surface area contributed by atoms with Gasteiger partial charge < -0.3 is 15.2 Å². The van der Waals surface area contributed by atoms with Crippen LogP contribution in [0.3, 0.4) is 0 Å². The number of amides is 1. The van der Waals surface area contributed by atoms with Crippen LogP contribution < -0.4 is 5.32 Å². The number of aromatic hydroxyl groups is 1. The van der Waals surface area contributed by atoms with Gasteiger partial charge >= 0.3 is 5.97 Å². The number of halogens is 1. The lowest BCUT2D eigenvalue weighted by molar-refractivity contribution is -0.143. The molecule has 0 bridgehead atoms. The largest absolute Gasteiger partial charge is 0.507 e. The topological polar surface area (TPSA) is 75.6 Å². The van der Waals surface area contributed by atoms with Gasteiger partial charge in [0.15, 0.2) is 0 Å². The molecule has 5 nitrogen and oxygen atoms in total. The lowest BCUT2D eigenvalue weighted by atomic mass is 10.0. The number of phenolic OH excluding ortho intramolecular Hbond substituents is 1. The van der Waals surface area contributed by atoms with E-state index in [4.69, 9.17) is 0 Å². The maximum absolute atomic E-state index is 13.6. The van der Waals surface area contributed by atoms with Gasteiger partial charge in [0, 0.05) is 0 Å². The van der Waals surface area contributed by atoms with Crippen molar-refractivity contribution in [2.45, 2.75) is 26.3 Å². The van der Waals surface area contributed by atoms with Crippen molar-refractivity contribution < 1.29 is 23.8 Å². The van der Waals surface area contributed by atoms with Gasteiger partial charge in [-0.25, -0.2) is 9.18 Å². The molecular weight excluding hydrogens is 265 g/mol. The molecule has 0 saturated heterocycles. The first kappa shape index (κ1) is 15.9. The number of hydrogen-bond donors (Lipinski definition) is 2. The van der Waals surface area contributed by atoms with Crippen LogP contribution in [-0.2, 0) is 9.53 Å². The molecule has 0 heterocycles. The number of carbonyl (C=O) groups is 2. The number of esters is 1. The van der Waals surface area contributed by atoms with E-state index in [0.717, 1.165) is 6.07 Å². The lowest BCUT2D eigenvalue weighted by Crippen LogP contribution is -2.42. The van der Waals surface area contributed by atoms with E-state index in [9.17, 15) is 19.1 Å². The van der Waals surface area contributed by atoms with E-state index in [2.05, 4.69) is 10.1 Å². The average Bonchev–Trinajstić information content (AvgIpc) is 2.36. The highest BCUT2D eigenvalue weighted by molar-refractivity contribution is 5.99. The SMILES string of the molecule is COC(=O)C(CC(C)C)NC(=O)c1c(O)cccc1F. The molecule has 0 aromatic heterocycles. The number of methoxy groups -OCH3 is 1. The molecule has 0 fully saturated rings. The van der Waals surface area contributed by atoms with Crippen LogP contribution in [0.2, 0.25) is 0 Å². The molecule has 1 aromatic carbocycles. The maximum atomic E-state index is 13.6. The number of carbonyl (C=O) groups excluding carboxylic acids is 2. The Labute approximate surface area is 116 Å². The first-order chi connectivity index (χ1) is 9.36. The minimum atomic E-state index is -0.883. The molecule has 1 rings (SSSR count). The summed E-state index contributed by atoms with van der Waals surface area (Å²) in [7, 11) is 1.21. The van der Waals surface area contributed by atoms with Gasteiger partial charge in [-0.15, -0.1) is 0 Å². The Kier molecular flexibility index (Phi) is 5.49. The highest BCUT2D eigenvalue weighted by Gasteiger charge is 2.25. The number of phenols is 1. The summed E-state index contributed by atoms with van der Waals surface area (Å²) in [5, 5.41) is 11.9. The summed E-state index contributed by atoms with van der Waals surface area (Å²) in [5.41, 5.74) is -0.481. The second kappa shape index (κ2) is 6.88. The van der Waals surface area contributed by atoms with Gasteiger partial charge in [-0.2, -0.15) is 0 Å². The monoisotopic (exact) mass is 283 g/mol. The summed E-state index contributed by atoms with van der Waals surface area (Å²) in [6.07, 6.45) is 0.355. The van der Waals surface area contributed by atoms with Crippen molar-refractivity contribution >= 4 is 11.9 Å². The van der Waals surface area contributed by atoms with Gasteiger partial charge in [-0.3, -0.25) is 4.79 Å². The van der Waals surface area contributed by atoms with Gasteiger partial charge in [0.25, 0.3) is 5.91 Å². The Hall–Kier alpha value is -2.11. The summed E-state index contributed by atoms with van der Waals surface area (Å²) in [5.74, 6) is -2.65. The van der Waals surface area contributed by atoms with Gasteiger partial charge in [0.05, 0.1) is 7.11 Å². The quantitative estimate of drug-likeness (QED) is 0.809. The van der Waals surface area contributed by atoms with Crippen molar-refractivity contribution in [2.24, 2.45) is 5.92 Å². The zero-order chi connectivity index (χ0) is 15.3. The molecule has 2 N–H and O–H groups in total. The zero-order valence-corrected chi connectivity index (χ0v) is 11.6. The molecule has 0 spiro atoms. The van der Waals surface area contributed by atoms with Crippen LogP contribution in [0, 0.1) is 11.7 Å². The summed E-state index contributed by atoms with van der Waals surface area (Å²) in [6, 6.07) is 2.66. The molecule has 1 unspecified atom stereocenters. The molecule has 0 saturated carbocycles. The third kappa shape index (κ3) is 3.94. The Bertz CT molecular complexity index is 482. The highest BCUT2D eigenvalue weighted by atomic mass is 19.1. The second-order valence-corrected chi connectivity index (χ2v) is 4.81. The Morgan fingerprint density at radius 1 is 1.40 bits per heavy atom. The highest BCUT2D eigenvalue weighted by Crippen LogP contribution is 2.20. The van der Waals surface area contributed by atoms with E-state index in [1.165, 1.54) is 19.2 Å². The fourth-order valence-corrected chi connectivity index (χ4v) is 1.80. The number of hydrogen-bond acceptors (Lipinski definition) is 4. The van der Waals surface area contributed by atoms with E-state index < -0.39 is 35.0 Å². The van der Waals surface area contributed by atoms with Crippen LogP contribution in [0.5, 0.6) is 5.75 Å². The van der Waals surface area contributed by atoms with Crippen molar-refractivity contribution in [3.63, 3.8) is 0 Å². The molecule has 1 amide bonds. The molecule has 110 valence electrons. The van der Waals surface area contributed by atoms with Crippen LogP contribution in [0.1, 0.15) is 30.6 Å². The minimum absolute atomic E-state index is 0.133. The van der Waals surface area contributed by atoms with Crippen molar-refractivity contribution in [1.29, 1.82) is 0 Å². The molecule has 1 aromatic rings. The number of benzene rings is 1. The maximum Gasteiger partial charge on any atom is 0.328 e. The Morgan fingerprint density at radius 2 is 2.05 bits per heavy atom. The van der Waals surface area contributed by atoms with Crippen molar-refractivity contribution in [3.8, 4) is 5.75 Å². The van der Waals surface area contributed by atoms with Crippen molar-refractivity contribution in [3.05, 3.63) is 29.6 Å².